The average Bonchev–Trinajstić information content (AvgIpc) is 3.21. The monoisotopic (exact) mass is 311 g/mol. The number of nitrogens with one attached hydrogen (secondary N) is 2. The Balaban J connectivity index is 1.76. The van der Waals surface area contributed by atoms with Crippen molar-refractivity contribution in [3.63, 3.8) is 0 Å². The van der Waals surface area contributed by atoms with E-state index in [-0.39, 0.29) is 6.09 Å². The summed E-state index contributed by atoms with van der Waals surface area (Å²) in [4.78, 5) is 14.2. The summed E-state index contributed by atoms with van der Waals surface area (Å²) < 4.78 is 5.33. The van der Waals surface area contributed by atoms with Crippen LogP contribution in [0, 0.1) is 5.92 Å². The van der Waals surface area contributed by atoms with Crippen LogP contribution in [0.25, 0.3) is 0 Å². The van der Waals surface area contributed by atoms with Gasteiger partial charge in [0.15, 0.2) is 0 Å². The second-order valence-corrected chi connectivity index (χ2v) is 7.92. The third-order valence-electron chi connectivity index (χ3n) is 4.46. The number of carbonyl (C=O) groups excluding carboxylic acids is 1. The minimum absolute atomic E-state index is 0.305. The van der Waals surface area contributed by atoms with E-state index in [4.69, 9.17) is 4.74 Å². The Kier molecular flexibility index (Phi) is 6.09. The lowest BCUT2D eigenvalue weighted by Gasteiger charge is -2.26. The number of hydrogen-bond acceptors (Lipinski definition) is 4. The zero-order valence-electron chi connectivity index (χ0n) is 14.7. The molecule has 128 valence electrons. The quantitative estimate of drug-likeness (QED) is 0.818. The van der Waals surface area contributed by atoms with Crippen molar-refractivity contribution in [2.24, 2.45) is 5.92 Å². The summed E-state index contributed by atoms with van der Waals surface area (Å²) in [5.41, 5.74) is -0.432. The third kappa shape index (κ3) is 6.53. The summed E-state index contributed by atoms with van der Waals surface area (Å²) >= 11 is 0. The molecule has 0 aromatic carbocycles. The van der Waals surface area contributed by atoms with Crippen molar-refractivity contribution >= 4 is 6.09 Å². The lowest BCUT2D eigenvalue weighted by Crippen LogP contribution is -2.47. The number of nitrogens with zero attached hydrogens (tertiary/aromatic N) is 1. The summed E-state index contributed by atoms with van der Waals surface area (Å²) in [5.74, 6) is 0.718. The molecule has 2 N–H and O–H groups in total. The van der Waals surface area contributed by atoms with Crippen LogP contribution >= 0.6 is 0 Å². The standard InChI is InChI=1S/C17H33N3O2/c1-17(2,3)22-16(21)18-12-15(13-7-8-13)19-14-6-5-10-20(4)11-9-14/h13-15,19H,5-12H2,1-4H3,(H,18,21). The fourth-order valence-corrected chi connectivity index (χ4v) is 3.08. The Labute approximate surface area is 135 Å². The fraction of sp³-hybridized carbons (Fsp3) is 0.941. The molecule has 1 heterocycles. The van der Waals surface area contributed by atoms with E-state index in [2.05, 4.69) is 22.6 Å². The molecule has 2 fully saturated rings. The molecular formula is C17H33N3O2. The first-order chi connectivity index (χ1) is 10.3. The van der Waals surface area contributed by atoms with Crippen molar-refractivity contribution < 1.29 is 9.53 Å². The first kappa shape index (κ1) is 17.5. The second-order valence-electron chi connectivity index (χ2n) is 7.92. The molecule has 1 saturated heterocycles. The van der Waals surface area contributed by atoms with Crippen LogP contribution in [0.15, 0.2) is 0 Å². The Hall–Kier alpha value is -0.810. The lowest BCUT2D eigenvalue weighted by atomic mass is 10.1. The fourth-order valence-electron chi connectivity index (χ4n) is 3.08. The summed E-state index contributed by atoms with van der Waals surface area (Å²) in [5, 5.41) is 6.74. The molecule has 1 aliphatic heterocycles. The molecular weight excluding hydrogens is 278 g/mol. The van der Waals surface area contributed by atoms with E-state index >= 15 is 0 Å². The Morgan fingerprint density at radius 3 is 2.59 bits per heavy atom. The Morgan fingerprint density at radius 2 is 1.95 bits per heavy atom. The number of rotatable bonds is 5. The van der Waals surface area contributed by atoms with Crippen LogP contribution in [-0.2, 0) is 4.74 Å². The Morgan fingerprint density at radius 1 is 1.23 bits per heavy atom. The van der Waals surface area contributed by atoms with Crippen molar-refractivity contribution in [3.8, 4) is 0 Å². The maximum Gasteiger partial charge on any atom is 0.407 e. The molecule has 2 atom stereocenters. The van der Waals surface area contributed by atoms with Crippen LogP contribution in [0.1, 0.15) is 52.9 Å². The second kappa shape index (κ2) is 7.64. The predicted molar refractivity (Wildman–Crippen MR) is 89.0 cm³/mol. The van der Waals surface area contributed by atoms with Gasteiger partial charge in [-0.1, -0.05) is 0 Å². The zero-order valence-corrected chi connectivity index (χ0v) is 14.7. The van der Waals surface area contributed by atoms with Gasteiger partial charge in [-0.15, -0.1) is 0 Å². The van der Waals surface area contributed by atoms with Gasteiger partial charge in [-0.25, -0.2) is 4.79 Å². The predicted octanol–water partition coefficient (Wildman–Crippen LogP) is 2.36. The van der Waals surface area contributed by atoms with E-state index in [0.717, 1.165) is 12.5 Å². The van der Waals surface area contributed by atoms with Crippen LogP contribution in [0.3, 0.4) is 0 Å². The molecule has 5 nitrogen and oxygen atoms in total. The SMILES string of the molecule is CN1CCCC(NC(CNC(=O)OC(C)(C)C)C2CC2)CC1. The number of carbonyl (C=O) groups is 1. The molecule has 0 radical (unpaired) electrons. The van der Waals surface area contributed by atoms with Gasteiger partial charge in [-0.2, -0.15) is 0 Å². The smallest absolute Gasteiger partial charge is 0.407 e. The molecule has 1 aliphatic carbocycles. The summed E-state index contributed by atoms with van der Waals surface area (Å²) in [6, 6.07) is 0.969. The molecule has 5 heteroatoms. The van der Waals surface area contributed by atoms with Gasteiger partial charge >= 0.3 is 6.09 Å². The summed E-state index contributed by atoms with van der Waals surface area (Å²) in [7, 11) is 2.20. The third-order valence-corrected chi connectivity index (χ3v) is 4.46. The van der Waals surface area contributed by atoms with Gasteiger partial charge in [0.1, 0.15) is 5.60 Å². The zero-order chi connectivity index (χ0) is 16.2. The van der Waals surface area contributed by atoms with Crippen LogP contribution in [0.4, 0.5) is 4.79 Å². The van der Waals surface area contributed by atoms with E-state index in [9.17, 15) is 4.79 Å². The number of hydrogen-bond donors (Lipinski definition) is 2. The largest absolute Gasteiger partial charge is 0.444 e. The van der Waals surface area contributed by atoms with Crippen molar-refractivity contribution in [1.82, 2.24) is 15.5 Å². The average molecular weight is 311 g/mol. The minimum Gasteiger partial charge on any atom is -0.444 e. The lowest BCUT2D eigenvalue weighted by molar-refractivity contribution is 0.0520. The van der Waals surface area contributed by atoms with E-state index in [1.807, 2.05) is 20.8 Å². The highest BCUT2D eigenvalue weighted by Gasteiger charge is 2.33. The molecule has 0 spiro atoms. The minimum atomic E-state index is -0.432. The van der Waals surface area contributed by atoms with Gasteiger partial charge < -0.3 is 20.3 Å². The number of amides is 1. The molecule has 1 amide bonds. The van der Waals surface area contributed by atoms with Gasteiger partial charge in [0.05, 0.1) is 0 Å². The summed E-state index contributed by atoms with van der Waals surface area (Å²) in [6.07, 6.45) is 5.94. The van der Waals surface area contributed by atoms with Crippen molar-refractivity contribution in [2.45, 2.75) is 70.6 Å². The number of likely N-dealkylation sites (tertiary alicyclic amines) is 1. The highest BCUT2D eigenvalue weighted by atomic mass is 16.6. The normalized spacial score (nSPS) is 25.4. The van der Waals surface area contributed by atoms with E-state index in [1.165, 1.54) is 38.6 Å². The van der Waals surface area contributed by atoms with Gasteiger partial charge in [-0.05, 0) is 78.9 Å². The van der Waals surface area contributed by atoms with E-state index < -0.39 is 5.60 Å². The van der Waals surface area contributed by atoms with E-state index in [1.54, 1.807) is 0 Å². The van der Waals surface area contributed by atoms with Gasteiger partial charge in [0.25, 0.3) is 0 Å². The van der Waals surface area contributed by atoms with Gasteiger partial charge in [0.2, 0.25) is 0 Å². The van der Waals surface area contributed by atoms with E-state index in [0.29, 0.717) is 18.6 Å². The number of ether oxygens (including phenoxy) is 1. The molecule has 2 aliphatic rings. The Bertz CT molecular complexity index is 363. The molecule has 2 unspecified atom stereocenters. The highest BCUT2D eigenvalue weighted by molar-refractivity contribution is 5.67. The molecule has 0 aromatic rings. The van der Waals surface area contributed by atoms with Crippen molar-refractivity contribution in [2.75, 3.05) is 26.7 Å². The molecule has 1 saturated carbocycles. The van der Waals surface area contributed by atoms with Crippen LogP contribution in [0.2, 0.25) is 0 Å². The highest BCUT2D eigenvalue weighted by Crippen LogP contribution is 2.33. The van der Waals surface area contributed by atoms with Gasteiger partial charge in [0, 0.05) is 18.6 Å². The van der Waals surface area contributed by atoms with Gasteiger partial charge in [-0.3, -0.25) is 0 Å². The molecule has 2 rings (SSSR count). The molecule has 0 bridgehead atoms. The first-order valence-electron chi connectivity index (χ1n) is 8.75. The summed E-state index contributed by atoms with van der Waals surface area (Å²) in [6.45, 7) is 8.71. The van der Waals surface area contributed by atoms with Crippen LogP contribution in [0.5, 0.6) is 0 Å². The molecule has 22 heavy (non-hydrogen) atoms. The van der Waals surface area contributed by atoms with Crippen molar-refractivity contribution in [3.05, 3.63) is 0 Å². The molecule has 0 aromatic heterocycles. The van der Waals surface area contributed by atoms with Crippen LogP contribution in [-0.4, -0.2) is 55.4 Å². The maximum absolute atomic E-state index is 11.8. The topological polar surface area (TPSA) is 53.6 Å². The van der Waals surface area contributed by atoms with Crippen LogP contribution < -0.4 is 10.6 Å². The number of alkyl carbamates (subject to hydrolysis) is 1. The first-order valence-corrected chi connectivity index (χ1v) is 8.75. The van der Waals surface area contributed by atoms with Crippen molar-refractivity contribution in [1.29, 1.82) is 0 Å². The maximum atomic E-state index is 11.8.